The SMILES string of the molecule is COC(=O)CNC(=O)Cn1c(C)nc2ccccc2c1=O. The normalized spacial score (nSPS) is 10.4. The number of benzene rings is 1. The Morgan fingerprint density at radius 1 is 1.33 bits per heavy atom. The molecule has 7 heteroatoms. The van der Waals surface area contributed by atoms with Crippen LogP contribution >= 0.6 is 0 Å². The van der Waals surface area contributed by atoms with Crippen LogP contribution in [0.5, 0.6) is 0 Å². The highest BCUT2D eigenvalue weighted by Crippen LogP contribution is 2.07. The van der Waals surface area contributed by atoms with Crippen molar-refractivity contribution in [2.45, 2.75) is 13.5 Å². The van der Waals surface area contributed by atoms with E-state index in [0.29, 0.717) is 16.7 Å². The first-order valence-electron chi connectivity index (χ1n) is 6.32. The summed E-state index contributed by atoms with van der Waals surface area (Å²) in [4.78, 5) is 39.3. The molecule has 0 saturated heterocycles. The zero-order valence-electron chi connectivity index (χ0n) is 11.8. The molecule has 1 aromatic carbocycles. The zero-order valence-corrected chi connectivity index (χ0v) is 11.8. The zero-order chi connectivity index (χ0) is 15.4. The monoisotopic (exact) mass is 289 g/mol. The minimum absolute atomic E-state index is 0.195. The van der Waals surface area contributed by atoms with Crippen molar-refractivity contribution in [2.24, 2.45) is 0 Å². The van der Waals surface area contributed by atoms with Crippen molar-refractivity contribution in [3.8, 4) is 0 Å². The molecule has 21 heavy (non-hydrogen) atoms. The third-order valence-corrected chi connectivity index (χ3v) is 3.01. The van der Waals surface area contributed by atoms with Crippen LogP contribution in [-0.2, 0) is 20.9 Å². The number of rotatable bonds is 4. The Hall–Kier alpha value is -2.70. The molecular formula is C14H15N3O4. The molecule has 0 aliphatic carbocycles. The molecule has 0 radical (unpaired) electrons. The molecule has 0 spiro atoms. The lowest BCUT2D eigenvalue weighted by Gasteiger charge is -2.10. The molecule has 0 aliphatic rings. The Labute approximate surface area is 120 Å². The third-order valence-electron chi connectivity index (χ3n) is 3.01. The molecule has 0 atom stereocenters. The lowest BCUT2D eigenvalue weighted by atomic mass is 10.2. The number of hydrogen-bond donors (Lipinski definition) is 1. The van der Waals surface area contributed by atoms with Gasteiger partial charge in [0.05, 0.1) is 18.0 Å². The predicted molar refractivity (Wildman–Crippen MR) is 75.8 cm³/mol. The number of fused-ring (bicyclic) bond motifs is 1. The number of amides is 1. The Kier molecular flexibility index (Phi) is 4.32. The fourth-order valence-electron chi connectivity index (χ4n) is 1.91. The molecule has 2 rings (SSSR count). The standard InChI is InChI=1S/C14H15N3O4/c1-9-16-11-6-4-3-5-10(11)14(20)17(9)8-12(18)15-7-13(19)21-2/h3-6H,7-8H2,1-2H3,(H,15,18). The van der Waals surface area contributed by atoms with Gasteiger partial charge in [-0.25, -0.2) is 4.98 Å². The summed E-state index contributed by atoms with van der Waals surface area (Å²) in [5.41, 5.74) is 0.303. The Morgan fingerprint density at radius 3 is 2.76 bits per heavy atom. The predicted octanol–water partition coefficient (Wildman–Crippen LogP) is -0.00588. The van der Waals surface area contributed by atoms with Crippen molar-refractivity contribution in [2.75, 3.05) is 13.7 Å². The summed E-state index contributed by atoms with van der Waals surface area (Å²) >= 11 is 0. The molecule has 1 aromatic heterocycles. The molecule has 0 saturated carbocycles. The van der Waals surface area contributed by atoms with Gasteiger partial charge in [-0.3, -0.25) is 19.0 Å². The Balaban J connectivity index is 2.24. The molecule has 0 aliphatic heterocycles. The van der Waals surface area contributed by atoms with Gasteiger partial charge >= 0.3 is 5.97 Å². The Morgan fingerprint density at radius 2 is 2.05 bits per heavy atom. The van der Waals surface area contributed by atoms with E-state index in [0.717, 1.165) is 0 Å². The summed E-state index contributed by atoms with van der Waals surface area (Å²) in [5, 5.41) is 2.83. The van der Waals surface area contributed by atoms with E-state index in [1.165, 1.54) is 11.7 Å². The van der Waals surface area contributed by atoms with Crippen molar-refractivity contribution in [3.05, 3.63) is 40.4 Å². The fraction of sp³-hybridized carbons (Fsp3) is 0.286. The summed E-state index contributed by atoms with van der Waals surface area (Å²) < 4.78 is 5.69. The van der Waals surface area contributed by atoms with Gasteiger partial charge in [-0.1, -0.05) is 12.1 Å². The number of carbonyl (C=O) groups excluding carboxylic acids is 2. The van der Waals surface area contributed by atoms with Crippen LogP contribution in [0.25, 0.3) is 10.9 Å². The van der Waals surface area contributed by atoms with Gasteiger partial charge in [0.25, 0.3) is 5.56 Å². The van der Waals surface area contributed by atoms with E-state index in [-0.39, 0.29) is 18.6 Å². The second kappa shape index (κ2) is 6.17. The number of nitrogens with one attached hydrogen (secondary N) is 1. The highest BCUT2D eigenvalue weighted by Gasteiger charge is 2.12. The van der Waals surface area contributed by atoms with Crippen LogP contribution in [0.3, 0.4) is 0 Å². The maximum Gasteiger partial charge on any atom is 0.325 e. The number of nitrogens with zero attached hydrogens (tertiary/aromatic N) is 2. The number of carbonyl (C=O) groups is 2. The van der Waals surface area contributed by atoms with Crippen molar-refractivity contribution in [1.29, 1.82) is 0 Å². The van der Waals surface area contributed by atoms with Crippen LogP contribution in [0.15, 0.2) is 29.1 Å². The number of para-hydroxylation sites is 1. The summed E-state index contributed by atoms with van der Waals surface area (Å²) in [7, 11) is 1.23. The van der Waals surface area contributed by atoms with Gasteiger partial charge in [-0.2, -0.15) is 0 Å². The van der Waals surface area contributed by atoms with Gasteiger partial charge in [-0.05, 0) is 19.1 Å². The first-order chi connectivity index (χ1) is 10.0. The van der Waals surface area contributed by atoms with Crippen molar-refractivity contribution < 1.29 is 14.3 Å². The molecule has 0 unspecified atom stereocenters. The highest BCUT2D eigenvalue weighted by atomic mass is 16.5. The van der Waals surface area contributed by atoms with Gasteiger partial charge in [0.2, 0.25) is 5.91 Å². The van der Waals surface area contributed by atoms with Crippen LogP contribution in [-0.4, -0.2) is 35.1 Å². The van der Waals surface area contributed by atoms with Gasteiger partial charge < -0.3 is 10.1 Å². The van der Waals surface area contributed by atoms with Crippen LogP contribution in [0.2, 0.25) is 0 Å². The second-order valence-electron chi connectivity index (χ2n) is 4.42. The average Bonchev–Trinajstić information content (AvgIpc) is 2.49. The average molecular weight is 289 g/mol. The smallest absolute Gasteiger partial charge is 0.325 e. The van der Waals surface area contributed by atoms with Crippen LogP contribution < -0.4 is 10.9 Å². The van der Waals surface area contributed by atoms with E-state index in [1.54, 1.807) is 31.2 Å². The number of methoxy groups -OCH3 is 1. The quantitative estimate of drug-likeness (QED) is 0.800. The van der Waals surface area contributed by atoms with Gasteiger partial charge in [-0.15, -0.1) is 0 Å². The lowest BCUT2D eigenvalue weighted by molar-refractivity contribution is -0.141. The Bertz CT molecular complexity index is 751. The maximum atomic E-state index is 12.3. The maximum absolute atomic E-state index is 12.3. The first kappa shape index (κ1) is 14.7. The number of aromatic nitrogens is 2. The third kappa shape index (κ3) is 3.25. The number of aryl methyl sites for hydroxylation is 1. The molecule has 0 fully saturated rings. The largest absolute Gasteiger partial charge is 0.468 e. The van der Waals surface area contributed by atoms with Gasteiger partial charge in [0, 0.05) is 0 Å². The molecule has 110 valence electrons. The number of hydrogen-bond acceptors (Lipinski definition) is 5. The molecule has 1 amide bonds. The molecule has 2 aromatic rings. The number of esters is 1. The van der Waals surface area contributed by atoms with Crippen molar-refractivity contribution in [1.82, 2.24) is 14.9 Å². The minimum atomic E-state index is -0.552. The molecule has 1 N–H and O–H groups in total. The fourth-order valence-corrected chi connectivity index (χ4v) is 1.91. The van der Waals surface area contributed by atoms with Crippen molar-refractivity contribution in [3.63, 3.8) is 0 Å². The van der Waals surface area contributed by atoms with Crippen LogP contribution in [0.1, 0.15) is 5.82 Å². The van der Waals surface area contributed by atoms with E-state index in [2.05, 4.69) is 15.0 Å². The molecule has 0 bridgehead atoms. The van der Waals surface area contributed by atoms with E-state index in [1.807, 2.05) is 0 Å². The van der Waals surface area contributed by atoms with Gasteiger partial charge in [0.15, 0.2) is 0 Å². The van der Waals surface area contributed by atoms with E-state index < -0.39 is 11.9 Å². The highest BCUT2D eigenvalue weighted by molar-refractivity contribution is 5.82. The number of ether oxygens (including phenoxy) is 1. The summed E-state index contributed by atoms with van der Waals surface area (Å²) in [6, 6.07) is 6.93. The van der Waals surface area contributed by atoms with E-state index in [9.17, 15) is 14.4 Å². The van der Waals surface area contributed by atoms with Crippen LogP contribution in [0.4, 0.5) is 0 Å². The summed E-state index contributed by atoms with van der Waals surface area (Å²) in [6.45, 7) is 1.23. The topological polar surface area (TPSA) is 90.3 Å². The molecule has 7 nitrogen and oxygen atoms in total. The van der Waals surface area contributed by atoms with E-state index in [4.69, 9.17) is 0 Å². The summed E-state index contributed by atoms with van der Waals surface area (Å²) in [5.74, 6) is -0.571. The molecular weight excluding hydrogens is 274 g/mol. The van der Waals surface area contributed by atoms with E-state index >= 15 is 0 Å². The first-order valence-corrected chi connectivity index (χ1v) is 6.32. The molecule has 1 heterocycles. The van der Waals surface area contributed by atoms with Crippen LogP contribution in [0, 0.1) is 6.92 Å². The minimum Gasteiger partial charge on any atom is -0.468 e. The summed E-state index contributed by atoms with van der Waals surface area (Å²) in [6.07, 6.45) is 0. The lowest BCUT2D eigenvalue weighted by Crippen LogP contribution is -2.36. The van der Waals surface area contributed by atoms with Gasteiger partial charge in [0.1, 0.15) is 18.9 Å². The second-order valence-corrected chi connectivity index (χ2v) is 4.42. The van der Waals surface area contributed by atoms with Crippen molar-refractivity contribution >= 4 is 22.8 Å².